The van der Waals surface area contributed by atoms with E-state index in [1.807, 2.05) is 31.3 Å². The van der Waals surface area contributed by atoms with Crippen molar-refractivity contribution in [1.82, 2.24) is 10.3 Å². The molecule has 0 saturated heterocycles. The number of aldehydes is 1. The van der Waals surface area contributed by atoms with Gasteiger partial charge in [-0.3, -0.25) is 9.78 Å². The molecular formula is C22H17FN2O2. The van der Waals surface area contributed by atoms with Gasteiger partial charge in [-0.2, -0.15) is 0 Å². The van der Waals surface area contributed by atoms with E-state index in [1.165, 1.54) is 12.1 Å². The molecule has 27 heavy (non-hydrogen) atoms. The van der Waals surface area contributed by atoms with Crippen molar-refractivity contribution in [3.8, 4) is 22.4 Å². The lowest BCUT2D eigenvalue weighted by Crippen LogP contribution is -2.03. The minimum Gasteiger partial charge on any atom is -0.459 e. The second-order valence-electron chi connectivity index (χ2n) is 6.29. The average molecular weight is 360 g/mol. The van der Waals surface area contributed by atoms with Crippen molar-refractivity contribution in [2.45, 2.75) is 6.54 Å². The Kier molecular flexibility index (Phi) is 4.52. The fourth-order valence-electron chi connectivity index (χ4n) is 3.11. The lowest BCUT2D eigenvalue weighted by Gasteiger charge is -2.07. The summed E-state index contributed by atoms with van der Waals surface area (Å²) in [6, 6.07) is 15.9. The number of carbonyl (C=O) groups is 1. The van der Waals surface area contributed by atoms with Gasteiger partial charge in [-0.1, -0.05) is 12.1 Å². The molecule has 0 amide bonds. The maximum atomic E-state index is 13.4. The van der Waals surface area contributed by atoms with Crippen LogP contribution < -0.4 is 5.32 Å². The molecule has 1 N–H and O–H groups in total. The molecule has 0 aliphatic heterocycles. The fraction of sp³-hybridized carbons (Fsp3) is 0.0909. The van der Waals surface area contributed by atoms with E-state index in [0.29, 0.717) is 12.1 Å². The van der Waals surface area contributed by atoms with Gasteiger partial charge in [0, 0.05) is 28.3 Å². The number of hydrogen-bond donors (Lipinski definition) is 1. The highest BCUT2D eigenvalue weighted by atomic mass is 19.1. The number of carbonyl (C=O) groups excluding carboxylic acids is 1. The minimum atomic E-state index is -0.285. The Labute approximate surface area is 155 Å². The monoisotopic (exact) mass is 360 g/mol. The van der Waals surface area contributed by atoms with E-state index in [0.717, 1.165) is 45.4 Å². The zero-order valence-electron chi connectivity index (χ0n) is 14.7. The Balaban J connectivity index is 1.91. The van der Waals surface area contributed by atoms with Gasteiger partial charge in [0.15, 0.2) is 6.29 Å². The summed E-state index contributed by atoms with van der Waals surface area (Å²) in [6.07, 6.45) is 2.32. The van der Waals surface area contributed by atoms with Gasteiger partial charge in [0.1, 0.15) is 17.2 Å². The van der Waals surface area contributed by atoms with E-state index in [-0.39, 0.29) is 5.82 Å². The Morgan fingerprint density at radius 3 is 2.56 bits per heavy atom. The van der Waals surface area contributed by atoms with Crippen LogP contribution in [0.2, 0.25) is 0 Å². The summed E-state index contributed by atoms with van der Waals surface area (Å²) in [6.45, 7) is 0.610. The molecule has 0 aliphatic carbocycles. The van der Waals surface area contributed by atoms with E-state index in [9.17, 15) is 9.18 Å². The molecule has 0 spiro atoms. The summed E-state index contributed by atoms with van der Waals surface area (Å²) in [5.41, 5.74) is 4.65. The van der Waals surface area contributed by atoms with Crippen LogP contribution in [0.3, 0.4) is 0 Å². The predicted molar refractivity (Wildman–Crippen MR) is 103 cm³/mol. The first kappa shape index (κ1) is 17.1. The van der Waals surface area contributed by atoms with Crippen molar-refractivity contribution in [3.05, 3.63) is 77.9 Å². The molecule has 4 nitrogen and oxygen atoms in total. The molecule has 2 heterocycles. The number of pyridine rings is 1. The number of fused-ring (bicyclic) bond motifs is 1. The van der Waals surface area contributed by atoms with Gasteiger partial charge in [0.05, 0.1) is 12.2 Å². The lowest BCUT2D eigenvalue weighted by molar-refractivity contribution is 0.112. The number of nitrogens with zero attached hydrogens (tertiary/aromatic N) is 1. The van der Waals surface area contributed by atoms with Crippen LogP contribution in [-0.2, 0) is 6.54 Å². The molecule has 5 heteroatoms. The normalized spacial score (nSPS) is 11.0. The smallest absolute Gasteiger partial charge is 0.151 e. The molecular weight excluding hydrogens is 343 g/mol. The number of aromatic nitrogens is 1. The fourth-order valence-corrected chi connectivity index (χ4v) is 3.11. The molecule has 2 aromatic carbocycles. The molecule has 0 fully saturated rings. The number of rotatable bonds is 5. The number of nitrogens with one attached hydrogen (secondary N) is 1. The maximum absolute atomic E-state index is 13.4. The van der Waals surface area contributed by atoms with E-state index < -0.39 is 0 Å². The highest BCUT2D eigenvalue weighted by molar-refractivity contribution is 5.96. The van der Waals surface area contributed by atoms with Crippen molar-refractivity contribution in [1.29, 1.82) is 0 Å². The second kappa shape index (κ2) is 7.13. The van der Waals surface area contributed by atoms with E-state index in [4.69, 9.17) is 4.42 Å². The number of halogens is 1. The summed E-state index contributed by atoms with van der Waals surface area (Å²) >= 11 is 0. The van der Waals surface area contributed by atoms with Crippen molar-refractivity contribution >= 4 is 17.3 Å². The van der Waals surface area contributed by atoms with Gasteiger partial charge in [-0.05, 0) is 55.1 Å². The van der Waals surface area contributed by atoms with Crippen LogP contribution in [0.5, 0.6) is 0 Å². The molecule has 0 unspecified atom stereocenters. The van der Waals surface area contributed by atoms with Gasteiger partial charge in [-0.15, -0.1) is 0 Å². The van der Waals surface area contributed by atoms with E-state index in [1.54, 1.807) is 24.4 Å². The Morgan fingerprint density at radius 2 is 1.89 bits per heavy atom. The number of furan rings is 1. The third kappa shape index (κ3) is 3.37. The average Bonchev–Trinajstić information content (AvgIpc) is 3.11. The van der Waals surface area contributed by atoms with Gasteiger partial charge in [0.2, 0.25) is 0 Å². The quantitative estimate of drug-likeness (QED) is 0.518. The molecule has 2 aromatic heterocycles. The topological polar surface area (TPSA) is 55.1 Å². The van der Waals surface area contributed by atoms with Crippen LogP contribution >= 0.6 is 0 Å². The van der Waals surface area contributed by atoms with Gasteiger partial charge in [-0.25, -0.2) is 4.39 Å². The highest BCUT2D eigenvalue weighted by Gasteiger charge is 2.14. The molecule has 0 saturated carbocycles. The Morgan fingerprint density at radius 1 is 1.07 bits per heavy atom. The van der Waals surface area contributed by atoms with Crippen molar-refractivity contribution in [2.24, 2.45) is 0 Å². The number of benzene rings is 2. The molecule has 4 aromatic rings. The molecule has 4 rings (SSSR count). The standard InChI is InChI=1S/C22H17FN2O2/c1-24-12-19-9-17-8-16(21-7-2-14(13-26)11-25-21)10-20(22(17)27-19)15-3-5-18(23)6-4-15/h2-11,13,24H,12H2,1H3. The molecule has 0 bridgehead atoms. The summed E-state index contributed by atoms with van der Waals surface area (Å²) in [5, 5.41) is 4.02. The van der Waals surface area contributed by atoms with Crippen LogP contribution in [0.15, 0.2) is 65.2 Å². The van der Waals surface area contributed by atoms with E-state index >= 15 is 0 Å². The van der Waals surface area contributed by atoms with Gasteiger partial charge in [0.25, 0.3) is 0 Å². The third-order valence-corrected chi connectivity index (χ3v) is 4.39. The minimum absolute atomic E-state index is 0.285. The third-order valence-electron chi connectivity index (χ3n) is 4.39. The highest BCUT2D eigenvalue weighted by Crippen LogP contribution is 2.35. The van der Waals surface area contributed by atoms with Crippen molar-refractivity contribution < 1.29 is 13.6 Å². The van der Waals surface area contributed by atoms with Crippen LogP contribution in [0, 0.1) is 5.82 Å². The van der Waals surface area contributed by atoms with Crippen molar-refractivity contribution in [3.63, 3.8) is 0 Å². The summed E-state index contributed by atoms with van der Waals surface area (Å²) in [7, 11) is 1.86. The van der Waals surface area contributed by atoms with Crippen LogP contribution in [-0.4, -0.2) is 18.3 Å². The van der Waals surface area contributed by atoms with E-state index in [2.05, 4.69) is 10.3 Å². The zero-order chi connectivity index (χ0) is 18.8. The van der Waals surface area contributed by atoms with Gasteiger partial charge >= 0.3 is 0 Å². The van der Waals surface area contributed by atoms with Crippen molar-refractivity contribution in [2.75, 3.05) is 7.05 Å². The number of hydrogen-bond acceptors (Lipinski definition) is 4. The SMILES string of the molecule is CNCc1cc2cc(-c3ccc(C=O)cn3)cc(-c3ccc(F)cc3)c2o1. The predicted octanol–water partition coefficient (Wildman–Crippen LogP) is 4.83. The molecule has 134 valence electrons. The Hall–Kier alpha value is -3.31. The largest absolute Gasteiger partial charge is 0.459 e. The first-order valence-electron chi connectivity index (χ1n) is 8.56. The molecule has 0 aliphatic rings. The maximum Gasteiger partial charge on any atom is 0.151 e. The second-order valence-corrected chi connectivity index (χ2v) is 6.29. The molecule has 0 atom stereocenters. The lowest BCUT2D eigenvalue weighted by atomic mass is 9.98. The summed E-state index contributed by atoms with van der Waals surface area (Å²) in [5.74, 6) is 0.532. The summed E-state index contributed by atoms with van der Waals surface area (Å²) in [4.78, 5) is 15.3. The van der Waals surface area contributed by atoms with Crippen LogP contribution in [0.1, 0.15) is 16.1 Å². The van der Waals surface area contributed by atoms with Gasteiger partial charge < -0.3 is 9.73 Å². The first-order valence-corrected chi connectivity index (χ1v) is 8.56. The molecule has 0 radical (unpaired) electrons. The zero-order valence-corrected chi connectivity index (χ0v) is 14.7. The summed E-state index contributed by atoms with van der Waals surface area (Å²) < 4.78 is 19.4. The first-order chi connectivity index (χ1) is 13.2. The van der Waals surface area contributed by atoms with Crippen LogP contribution in [0.4, 0.5) is 4.39 Å². The Bertz CT molecular complexity index is 1100. The van der Waals surface area contributed by atoms with Crippen LogP contribution in [0.25, 0.3) is 33.4 Å².